The predicted molar refractivity (Wildman–Crippen MR) is 74.1 cm³/mol. The molecule has 4 nitrogen and oxygen atoms in total. The Hall–Kier alpha value is -1.07. The Morgan fingerprint density at radius 1 is 1.32 bits per heavy atom. The van der Waals surface area contributed by atoms with Crippen molar-refractivity contribution in [3.05, 3.63) is 28.8 Å². The molecule has 0 aliphatic rings. The van der Waals surface area contributed by atoms with Crippen molar-refractivity contribution in [3.8, 4) is 0 Å². The van der Waals surface area contributed by atoms with E-state index >= 15 is 0 Å². The second-order valence-corrected chi connectivity index (χ2v) is 6.91. The van der Waals surface area contributed by atoms with E-state index in [9.17, 15) is 13.2 Å². The third-order valence-electron chi connectivity index (χ3n) is 2.87. The molecule has 0 radical (unpaired) electrons. The molecule has 0 amide bonds. The SMILES string of the molecule is CCCCOC(=O)c1cc(S(=O)(=O)Cl)cc(C)c1C. The summed E-state index contributed by atoms with van der Waals surface area (Å²) in [6.45, 7) is 5.79. The van der Waals surface area contributed by atoms with Crippen LogP contribution in [0.5, 0.6) is 0 Å². The van der Waals surface area contributed by atoms with Crippen molar-refractivity contribution in [2.75, 3.05) is 6.61 Å². The molecule has 0 aliphatic carbocycles. The van der Waals surface area contributed by atoms with Gasteiger partial charge in [0.25, 0.3) is 9.05 Å². The predicted octanol–water partition coefficient (Wildman–Crippen LogP) is 3.19. The third-order valence-corrected chi connectivity index (χ3v) is 4.21. The van der Waals surface area contributed by atoms with Gasteiger partial charge in [0.2, 0.25) is 0 Å². The van der Waals surface area contributed by atoms with Crippen LogP contribution in [0.15, 0.2) is 17.0 Å². The van der Waals surface area contributed by atoms with Crippen molar-refractivity contribution in [2.24, 2.45) is 0 Å². The molecule has 0 saturated heterocycles. The number of rotatable bonds is 5. The van der Waals surface area contributed by atoms with Gasteiger partial charge in [0.15, 0.2) is 0 Å². The lowest BCUT2D eigenvalue weighted by Crippen LogP contribution is -2.10. The molecule has 0 heterocycles. The van der Waals surface area contributed by atoms with E-state index in [2.05, 4.69) is 0 Å². The van der Waals surface area contributed by atoms with Gasteiger partial charge in [-0.2, -0.15) is 0 Å². The third kappa shape index (κ3) is 4.21. The van der Waals surface area contributed by atoms with Gasteiger partial charge in [-0.25, -0.2) is 13.2 Å². The highest BCUT2D eigenvalue weighted by atomic mass is 35.7. The maximum atomic E-state index is 11.9. The Morgan fingerprint density at radius 3 is 2.47 bits per heavy atom. The second kappa shape index (κ2) is 6.39. The van der Waals surface area contributed by atoms with E-state index in [-0.39, 0.29) is 10.5 Å². The Bertz CT molecular complexity index is 579. The van der Waals surface area contributed by atoms with Crippen molar-refractivity contribution >= 4 is 25.7 Å². The summed E-state index contributed by atoms with van der Waals surface area (Å²) in [7, 11) is 1.45. The zero-order valence-corrected chi connectivity index (χ0v) is 12.8. The van der Waals surface area contributed by atoms with E-state index in [4.69, 9.17) is 15.4 Å². The van der Waals surface area contributed by atoms with E-state index in [1.165, 1.54) is 12.1 Å². The summed E-state index contributed by atoms with van der Waals surface area (Å²) >= 11 is 0. The minimum Gasteiger partial charge on any atom is -0.462 e. The zero-order valence-electron chi connectivity index (χ0n) is 11.2. The molecule has 0 bridgehead atoms. The molecule has 0 aromatic heterocycles. The number of carbonyl (C=O) groups is 1. The van der Waals surface area contributed by atoms with E-state index in [1.54, 1.807) is 13.8 Å². The number of esters is 1. The molecule has 0 atom stereocenters. The van der Waals surface area contributed by atoms with Crippen LogP contribution in [0.4, 0.5) is 0 Å². The molecule has 0 spiro atoms. The van der Waals surface area contributed by atoms with Crippen molar-refractivity contribution in [2.45, 2.75) is 38.5 Å². The summed E-state index contributed by atoms with van der Waals surface area (Å²) in [5.74, 6) is -0.517. The van der Waals surface area contributed by atoms with Crippen LogP contribution in [0.1, 0.15) is 41.3 Å². The van der Waals surface area contributed by atoms with E-state index in [1.807, 2.05) is 6.92 Å². The van der Waals surface area contributed by atoms with Gasteiger partial charge in [-0.05, 0) is 43.5 Å². The molecule has 106 valence electrons. The highest BCUT2D eigenvalue weighted by molar-refractivity contribution is 8.13. The highest BCUT2D eigenvalue weighted by Crippen LogP contribution is 2.23. The number of ether oxygens (including phenoxy) is 1. The molecule has 0 aliphatic heterocycles. The lowest BCUT2D eigenvalue weighted by molar-refractivity contribution is 0.0498. The number of halogens is 1. The molecule has 0 unspecified atom stereocenters. The van der Waals surface area contributed by atoms with Gasteiger partial charge in [0.1, 0.15) is 0 Å². The van der Waals surface area contributed by atoms with Crippen LogP contribution in [0.2, 0.25) is 0 Å². The summed E-state index contributed by atoms with van der Waals surface area (Å²) in [6.07, 6.45) is 1.69. The molecular weight excluding hydrogens is 288 g/mol. The molecule has 6 heteroatoms. The number of unbranched alkanes of at least 4 members (excludes halogenated alkanes) is 1. The summed E-state index contributed by atoms with van der Waals surface area (Å²) in [4.78, 5) is 11.8. The molecule has 1 aromatic rings. The fraction of sp³-hybridized carbons (Fsp3) is 0.462. The van der Waals surface area contributed by atoms with Gasteiger partial charge >= 0.3 is 5.97 Å². The largest absolute Gasteiger partial charge is 0.462 e. The Labute approximate surface area is 118 Å². The molecule has 0 saturated carbocycles. The van der Waals surface area contributed by atoms with Gasteiger partial charge in [-0.1, -0.05) is 13.3 Å². The first-order chi connectivity index (χ1) is 8.77. The average molecular weight is 305 g/mol. The molecular formula is C13H17ClO4S. The fourth-order valence-corrected chi connectivity index (χ4v) is 2.41. The molecule has 0 N–H and O–H groups in total. The monoisotopic (exact) mass is 304 g/mol. The average Bonchev–Trinajstić information content (AvgIpc) is 2.31. The van der Waals surface area contributed by atoms with E-state index < -0.39 is 15.0 Å². The standard InChI is InChI=1S/C13H17ClO4S/c1-4-5-6-18-13(15)12-8-11(19(14,16)17)7-9(2)10(12)3/h7-8H,4-6H2,1-3H3. The second-order valence-electron chi connectivity index (χ2n) is 4.34. The minimum atomic E-state index is -3.86. The van der Waals surface area contributed by atoms with Gasteiger partial charge in [-0.3, -0.25) is 0 Å². The normalized spacial score (nSPS) is 11.4. The first kappa shape index (κ1) is 16.0. The van der Waals surface area contributed by atoms with Crippen molar-refractivity contribution in [1.82, 2.24) is 0 Å². The summed E-state index contributed by atoms with van der Waals surface area (Å²) < 4.78 is 27.8. The molecule has 1 aromatic carbocycles. The maximum absolute atomic E-state index is 11.9. The number of aryl methyl sites for hydroxylation is 1. The van der Waals surface area contributed by atoms with E-state index in [0.29, 0.717) is 17.7 Å². The zero-order chi connectivity index (χ0) is 14.6. The van der Waals surface area contributed by atoms with Gasteiger partial charge in [0.05, 0.1) is 17.1 Å². The number of benzene rings is 1. The minimum absolute atomic E-state index is 0.0836. The quantitative estimate of drug-likeness (QED) is 0.476. The first-order valence-electron chi connectivity index (χ1n) is 6.00. The maximum Gasteiger partial charge on any atom is 0.338 e. The molecule has 1 rings (SSSR count). The number of hydrogen-bond acceptors (Lipinski definition) is 4. The fourth-order valence-electron chi connectivity index (χ4n) is 1.57. The summed E-state index contributed by atoms with van der Waals surface area (Å²) in [5, 5.41) is 0. The number of carbonyl (C=O) groups excluding carboxylic acids is 1. The van der Waals surface area contributed by atoms with Crippen LogP contribution < -0.4 is 0 Å². The topological polar surface area (TPSA) is 60.4 Å². The van der Waals surface area contributed by atoms with Gasteiger partial charge in [-0.15, -0.1) is 0 Å². The lowest BCUT2D eigenvalue weighted by Gasteiger charge is -2.10. The Kier molecular flexibility index (Phi) is 5.38. The van der Waals surface area contributed by atoms with Gasteiger partial charge < -0.3 is 4.74 Å². The van der Waals surface area contributed by atoms with Crippen molar-refractivity contribution in [3.63, 3.8) is 0 Å². The van der Waals surface area contributed by atoms with E-state index in [0.717, 1.165) is 12.8 Å². The van der Waals surface area contributed by atoms with Crippen LogP contribution >= 0.6 is 10.7 Å². The molecule has 0 fully saturated rings. The Balaban J connectivity index is 3.13. The van der Waals surface area contributed by atoms with Crippen LogP contribution in [-0.4, -0.2) is 21.0 Å². The number of hydrogen-bond donors (Lipinski definition) is 0. The van der Waals surface area contributed by atoms with Crippen LogP contribution in [0, 0.1) is 13.8 Å². The lowest BCUT2D eigenvalue weighted by atomic mass is 10.0. The van der Waals surface area contributed by atoms with Crippen LogP contribution in [-0.2, 0) is 13.8 Å². The Morgan fingerprint density at radius 2 is 1.95 bits per heavy atom. The molecule has 19 heavy (non-hydrogen) atoms. The van der Waals surface area contributed by atoms with Crippen molar-refractivity contribution < 1.29 is 17.9 Å². The van der Waals surface area contributed by atoms with Crippen LogP contribution in [0.25, 0.3) is 0 Å². The van der Waals surface area contributed by atoms with Gasteiger partial charge in [0, 0.05) is 10.7 Å². The summed E-state index contributed by atoms with van der Waals surface area (Å²) in [5.41, 5.74) is 1.63. The highest BCUT2D eigenvalue weighted by Gasteiger charge is 2.18. The van der Waals surface area contributed by atoms with Crippen LogP contribution in [0.3, 0.4) is 0 Å². The van der Waals surface area contributed by atoms with Crippen molar-refractivity contribution in [1.29, 1.82) is 0 Å². The first-order valence-corrected chi connectivity index (χ1v) is 8.31. The smallest absolute Gasteiger partial charge is 0.338 e. The summed E-state index contributed by atoms with van der Waals surface area (Å²) in [6, 6.07) is 2.71.